The van der Waals surface area contributed by atoms with Crippen LogP contribution >= 0.6 is 0 Å². The predicted molar refractivity (Wildman–Crippen MR) is 273 cm³/mol. The quantitative estimate of drug-likeness (QED) is 0.00941. The van der Waals surface area contributed by atoms with E-state index in [9.17, 15) is 29.3 Å². The van der Waals surface area contributed by atoms with Crippen molar-refractivity contribution in [1.82, 2.24) is 4.90 Å². The second-order valence-electron chi connectivity index (χ2n) is 18.7. The SMILES string of the molecule is CCCOCCOCC(COCCOCCOC)N1C(=O)c2ccc3c4c([N+](=O)[O-])cc5c6c(ccc(c7c(N)cc(c2c37)C1=O)c64)C(=O)[C@@H]1C(CC(COCCOCCOC)COCCOCCOC)C1C5=O. The normalized spacial score (nSPS) is 17.7. The fraction of sp³-hybridized carbons (Fsp3) is 0.556. The number of ketones is 2. The van der Waals surface area contributed by atoms with Gasteiger partial charge in [0.2, 0.25) is 0 Å². The molecule has 1 fully saturated rings. The molecule has 20 heteroatoms. The Labute approximate surface area is 428 Å². The monoisotopic (exact) mass is 1030 g/mol. The molecule has 74 heavy (non-hydrogen) atoms. The number of nitrogen functional groups attached to an aromatic ring is 1. The number of imide groups is 1. The maximum atomic E-state index is 14.9. The number of hydrogen-bond donors (Lipinski definition) is 1. The molecule has 0 aromatic heterocycles. The molecule has 5 aromatic rings. The zero-order valence-electron chi connectivity index (χ0n) is 42.6. The Bertz CT molecular complexity index is 2780. The largest absolute Gasteiger partial charge is 0.398 e. The Kier molecular flexibility index (Phi) is 19.2. The second kappa shape index (κ2) is 25.9. The fourth-order valence-corrected chi connectivity index (χ4v) is 10.6. The average molecular weight is 1030 g/mol. The molecule has 1 heterocycles. The van der Waals surface area contributed by atoms with Crippen molar-refractivity contribution in [1.29, 1.82) is 0 Å². The van der Waals surface area contributed by atoms with Crippen LogP contribution in [0.5, 0.6) is 0 Å². The molecule has 0 spiro atoms. The number of nitrogens with zero attached hydrogens (tertiary/aromatic N) is 2. The number of methoxy groups -OCH3 is 3. The van der Waals surface area contributed by atoms with Crippen LogP contribution in [0, 0.1) is 33.8 Å². The van der Waals surface area contributed by atoms with Gasteiger partial charge in [-0.3, -0.25) is 34.2 Å². The number of nitro benzene ring substituents is 1. The first-order chi connectivity index (χ1) is 36.1. The van der Waals surface area contributed by atoms with E-state index in [1.54, 1.807) is 45.6 Å². The molecular formula is C54H67N3O17. The molecule has 4 atom stereocenters. The van der Waals surface area contributed by atoms with E-state index < -0.39 is 34.6 Å². The number of anilines is 1. The van der Waals surface area contributed by atoms with Gasteiger partial charge in [-0.2, -0.15) is 0 Å². The summed E-state index contributed by atoms with van der Waals surface area (Å²) < 4.78 is 61.3. The molecule has 400 valence electrons. The number of rotatable bonds is 35. The zero-order valence-corrected chi connectivity index (χ0v) is 42.6. The van der Waals surface area contributed by atoms with Crippen LogP contribution in [0.3, 0.4) is 0 Å². The van der Waals surface area contributed by atoms with Crippen molar-refractivity contribution in [2.75, 3.05) is 153 Å². The summed E-state index contributed by atoms with van der Waals surface area (Å²) in [4.78, 5) is 73.2. The molecule has 8 rings (SSSR count). The molecule has 3 unspecified atom stereocenters. The summed E-state index contributed by atoms with van der Waals surface area (Å²) >= 11 is 0. The highest BCUT2D eigenvalue weighted by Crippen LogP contribution is 2.58. The number of nitrogens with two attached hydrogens (primary N) is 1. The summed E-state index contributed by atoms with van der Waals surface area (Å²) in [6.45, 7) is 7.93. The smallest absolute Gasteiger partial charge is 0.278 e. The van der Waals surface area contributed by atoms with Gasteiger partial charge in [0.15, 0.2) is 11.6 Å². The Morgan fingerprint density at radius 2 is 0.973 bits per heavy atom. The third-order valence-corrected chi connectivity index (χ3v) is 13.9. The summed E-state index contributed by atoms with van der Waals surface area (Å²) in [7, 11) is 4.77. The highest BCUT2D eigenvalue weighted by atomic mass is 16.6. The van der Waals surface area contributed by atoms with Crippen LogP contribution < -0.4 is 5.73 Å². The van der Waals surface area contributed by atoms with Gasteiger partial charge in [-0.15, -0.1) is 0 Å². The van der Waals surface area contributed by atoms with Crippen molar-refractivity contribution in [3.63, 3.8) is 0 Å². The van der Waals surface area contributed by atoms with E-state index in [0.29, 0.717) is 123 Å². The minimum atomic E-state index is -0.861. The van der Waals surface area contributed by atoms with Crippen LogP contribution in [-0.4, -0.2) is 186 Å². The van der Waals surface area contributed by atoms with Crippen LogP contribution in [0.4, 0.5) is 11.4 Å². The number of carbonyl (C=O) groups excluding carboxylic acids is 4. The van der Waals surface area contributed by atoms with Crippen LogP contribution in [0.2, 0.25) is 0 Å². The van der Waals surface area contributed by atoms with E-state index in [1.807, 2.05) is 6.92 Å². The lowest BCUT2D eigenvalue weighted by molar-refractivity contribution is -0.383. The molecule has 1 saturated carbocycles. The molecule has 0 bridgehead atoms. The van der Waals surface area contributed by atoms with E-state index >= 15 is 0 Å². The van der Waals surface area contributed by atoms with Crippen molar-refractivity contribution in [2.24, 2.45) is 23.7 Å². The molecule has 3 aliphatic rings. The van der Waals surface area contributed by atoms with Crippen molar-refractivity contribution in [3.8, 4) is 0 Å². The molecule has 0 saturated heterocycles. The standard InChI is InChI=1S/C54H67N3O17/c1-5-10-67-17-23-73-30-33(31-74-24-20-70-16-13-66-4)56-53(60)37-9-7-35-46-42(57(62)63)27-39-43-36(8-6-34(48(43)46)45-41(55)26-40(54(56)61)44(37)47(35)45)51(58)49-38(50(49)52(39)59)25-32(28-71-21-18-68-14-11-64-2)29-72-22-19-69-15-12-65-3/h6-9,26-27,32-33,38,49-50H,5,10-25,28-31,55H2,1-4H3/t33?,38?,49-,50?/m1/s1. The minimum Gasteiger partial charge on any atom is -0.398 e. The molecule has 1 aliphatic heterocycles. The molecule has 20 nitrogen and oxygen atoms in total. The first kappa shape index (κ1) is 54.9. The third kappa shape index (κ3) is 11.6. The number of hydrogen-bond acceptors (Lipinski definition) is 18. The molecule has 2 amide bonds. The first-order valence-electron chi connectivity index (χ1n) is 25.3. The van der Waals surface area contributed by atoms with Crippen LogP contribution in [0.1, 0.15) is 61.2 Å². The zero-order chi connectivity index (χ0) is 52.3. The lowest BCUT2D eigenvalue weighted by Crippen LogP contribution is -2.51. The van der Waals surface area contributed by atoms with Crippen LogP contribution in [0.15, 0.2) is 36.4 Å². The number of amides is 2. The fourth-order valence-electron chi connectivity index (χ4n) is 10.6. The number of Topliss-reactive ketones (excluding diaryl/α,β-unsaturated/α-hetero) is 2. The summed E-state index contributed by atoms with van der Waals surface area (Å²) in [6, 6.07) is 8.51. The molecule has 2 N–H and O–H groups in total. The van der Waals surface area contributed by atoms with Gasteiger partial charge in [-0.25, -0.2) is 0 Å². The highest BCUT2D eigenvalue weighted by molar-refractivity contribution is 6.43. The Morgan fingerprint density at radius 1 is 0.527 bits per heavy atom. The lowest BCUT2D eigenvalue weighted by Gasteiger charge is -2.34. The van der Waals surface area contributed by atoms with Gasteiger partial charge in [0.1, 0.15) is 0 Å². The van der Waals surface area contributed by atoms with Crippen molar-refractivity contribution >= 4 is 77.8 Å². The van der Waals surface area contributed by atoms with Gasteiger partial charge >= 0.3 is 0 Å². The maximum Gasteiger partial charge on any atom is 0.278 e. The molecule has 5 aromatic carbocycles. The van der Waals surface area contributed by atoms with Crippen molar-refractivity contribution in [2.45, 2.75) is 25.8 Å². The Balaban J connectivity index is 1.12. The van der Waals surface area contributed by atoms with Crippen LogP contribution in [0.25, 0.3) is 43.1 Å². The van der Waals surface area contributed by atoms with E-state index in [-0.39, 0.29) is 109 Å². The van der Waals surface area contributed by atoms with E-state index in [4.69, 9.17) is 57.8 Å². The Morgan fingerprint density at radius 3 is 1.51 bits per heavy atom. The number of benzene rings is 5. The number of nitro groups is 1. The van der Waals surface area contributed by atoms with E-state index in [2.05, 4.69) is 0 Å². The summed E-state index contributed by atoms with van der Waals surface area (Å²) in [5.41, 5.74) is 7.47. The van der Waals surface area contributed by atoms with Crippen LogP contribution in [-0.2, 0) is 52.1 Å². The van der Waals surface area contributed by atoms with Gasteiger partial charge in [-0.05, 0) is 41.7 Å². The number of non-ortho nitro benzene ring substituents is 1. The predicted octanol–water partition coefficient (Wildman–Crippen LogP) is 5.92. The van der Waals surface area contributed by atoms with Crippen molar-refractivity contribution < 1.29 is 76.2 Å². The maximum absolute atomic E-state index is 14.9. The van der Waals surface area contributed by atoms with Gasteiger partial charge in [0.25, 0.3) is 17.5 Å². The second-order valence-corrected chi connectivity index (χ2v) is 18.7. The lowest BCUT2D eigenvalue weighted by atomic mass is 9.81. The van der Waals surface area contributed by atoms with Crippen molar-refractivity contribution in [3.05, 3.63) is 68.8 Å². The molecule has 2 aliphatic carbocycles. The summed E-state index contributed by atoms with van der Waals surface area (Å²) in [6.07, 6.45) is 1.27. The average Bonchev–Trinajstić information content (AvgIpc) is 4.14. The molecular weight excluding hydrogens is 963 g/mol. The minimum absolute atomic E-state index is 0.0467. The van der Waals surface area contributed by atoms with Gasteiger partial charge in [-0.1, -0.05) is 25.1 Å². The summed E-state index contributed by atoms with van der Waals surface area (Å²) in [5, 5.41) is 16.1. The van der Waals surface area contributed by atoms with E-state index in [0.717, 1.165) is 11.3 Å². The number of fused-ring (bicyclic) bond motifs is 3. The van der Waals surface area contributed by atoms with E-state index in [1.165, 1.54) is 12.1 Å². The number of carbonyl (C=O) groups is 4. The highest BCUT2D eigenvalue weighted by Gasteiger charge is 2.60. The number of ether oxygens (including phenoxy) is 11. The first-order valence-corrected chi connectivity index (χ1v) is 25.3. The van der Waals surface area contributed by atoms with Gasteiger partial charge in [0.05, 0.1) is 141 Å². The molecule has 0 radical (unpaired) electrons. The third-order valence-electron chi connectivity index (χ3n) is 13.9. The van der Waals surface area contributed by atoms with Gasteiger partial charge < -0.3 is 57.8 Å². The topological polar surface area (TPSA) is 242 Å². The summed E-state index contributed by atoms with van der Waals surface area (Å²) in [5.74, 6) is -3.77. The van der Waals surface area contributed by atoms with Gasteiger partial charge in [0, 0.05) is 101 Å². The Hall–Kier alpha value is -5.36.